The number of carbonyl (C=O) groups excluding carboxylic acids is 1. The highest BCUT2D eigenvalue weighted by Gasteiger charge is 2.34. The van der Waals surface area contributed by atoms with Gasteiger partial charge in [0.1, 0.15) is 11.1 Å². The fraction of sp³-hybridized carbons (Fsp3) is 0.381. The maximum atomic E-state index is 13.3. The first-order chi connectivity index (χ1) is 15.4. The SMILES string of the molecule is CC(C)(C)OC(=O)N[C@H]1CCN(S(=O)(=O)c2ccc3[nH]c(=O)c4[nH]cc(C(=O)O)c4c3c2)C1. The van der Waals surface area contributed by atoms with Crippen LogP contribution in [0.15, 0.2) is 34.1 Å². The third-order valence-electron chi connectivity index (χ3n) is 5.36. The standard InChI is InChI=1S/C21H24N4O7S/c1-21(2,3)32-20(29)23-11-6-7-25(10-11)33(30,31)12-4-5-15-13(8-12)16-14(19(27)28)9-22-17(16)18(26)24-15/h4-5,8-9,11,22H,6-7,10H2,1-3H3,(H,23,29)(H,24,26)(H,27,28)/t11-/m0/s1. The Kier molecular flexibility index (Phi) is 5.45. The van der Waals surface area contributed by atoms with Crippen molar-refractivity contribution < 1.29 is 27.9 Å². The third-order valence-corrected chi connectivity index (χ3v) is 7.22. The predicted octanol–water partition coefficient (Wildman–Crippen LogP) is 2.00. The Balaban J connectivity index is 1.66. The number of hydrogen-bond donors (Lipinski definition) is 4. The van der Waals surface area contributed by atoms with Gasteiger partial charge in [0.25, 0.3) is 5.56 Å². The second kappa shape index (κ2) is 7.89. The number of carboxylic acid groups (broad SMARTS) is 1. The number of carbonyl (C=O) groups is 2. The summed E-state index contributed by atoms with van der Waals surface area (Å²) in [7, 11) is -3.94. The van der Waals surface area contributed by atoms with Crippen LogP contribution in [0.1, 0.15) is 37.6 Å². The van der Waals surface area contributed by atoms with Crippen LogP contribution in [-0.4, -0.2) is 64.6 Å². The zero-order valence-corrected chi connectivity index (χ0v) is 19.1. The molecule has 0 radical (unpaired) electrons. The normalized spacial score (nSPS) is 17.5. The minimum Gasteiger partial charge on any atom is -0.478 e. The lowest BCUT2D eigenvalue weighted by Crippen LogP contribution is -2.41. The molecular formula is C21H24N4O7S. The Hall–Kier alpha value is -3.38. The molecule has 0 unspecified atom stereocenters. The van der Waals surface area contributed by atoms with Gasteiger partial charge in [-0.1, -0.05) is 0 Å². The maximum absolute atomic E-state index is 13.3. The molecule has 3 heterocycles. The molecule has 11 nitrogen and oxygen atoms in total. The zero-order valence-electron chi connectivity index (χ0n) is 18.3. The highest BCUT2D eigenvalue weighted by atomic mass is 32.2. The molecule has 2 aromatic heterocycles. The first-order valence-electron chi connectivity index (χ1n) is 10.3. The number of benzene rings is 1. The summed E-state index contributed by atoms with van der Waals surface area (Å²) < 4.78 is 33.1. The van der Waals surface area contributed by atoms with Gasteiger partial charge in [-0.05, 0) is 45.4 Å². The maximum Gasteiger partial charge on any atom is 0.407 e. The number of aromatic carboxylic acids is 1. The summed E-state index contributed by atoms with van der Waals surface area (Å²) >= 11 is 0. The fourth-order valence-electron chi connectivity index (χ4n) is 3.92. The molecule has 1 fully saturated rings. The van der Waals surface area contributed by atoms with Gasteiger partial charge in [0, 0.05) is 41.6 Å². The van der Waals surface area contributed by atoms with E-state index >= 15 is 0 Å². The number of nitrogens with one attached hydrogen (secondary N) is 3. The van der Waals surface area contributed by atoms with Crippen molar-refractivity contribution >= 4 is 43.9 Å². The Morgan fingerprint density at radius 2 is 2.00 bits per heavy atom. The average molecular weight is 477 g/mol. The molecule has 0 bridgehead atoms. The van der Waals surface area contributed by atoms with E-state index in [1.807, 2.05) is 0 Å². The summed E-state index contributed by atoms with van der Waals surface area (Å²) in [6.07, 6.45) is 1.01. The molecule has 1 saturated heterocycles. The summed E-state index contributed by atoms with van der Waals surface area (Å²) in [5, 5.41) is 12.6. The lowest BCUT2D eigenvalue weighted by molar-refractivity contribution is 0.0506. The number of pyridine rings is 1. The molecule has 1 atom stereocenters. The van der Waals surface area contributed by atoms with E-state index < -0.39 is 39.3 Å². The largest absolute Gasteiger partial charge is 0.478 e. The van der Waals surface area contributed by atoms with Crippen LogP contribution in [0.2, 0.25) is 0 Å². The molecule has 4 N–H and O–H groups in total. The number of fused-ring (bicyclic) bond motifs is 3. The number of nitrogens with zero attached hydrogens (tertiary/aromatic N) is 1. The molecule has 0 spiro atoms. The van der Waals surface area contributed by atoms with Crippen molar-refractivity contribution in [2.75, 3.05) is 13.1 Å². The van der Waals surface area contributed by atoms with Crippen LogP contribution in [-0.2, 0) is 14.8 Å². The van der Waals surface area contributed by atoms with Crippen LogP contribution in [0, 0.1) is 0 Å². The summed E-state index contributed by atoms with van der Waals surface area (Å²) in [5.41, 5.74) is -0.926. The summed E-state index contributed by atoms with van der Waals surface area (Å²) in [6, 6.07) is 3.76. The van der Waals surface area contributed by atoms with E-state index in [1.165, 1.54) is 28.7 Å². The van der Waals surface area contributed by atoms with Crippen LogP contribution in [0.3, 0.4) is 0 Å². The molecule has 3 aromatic rings. The van der Waals surface area contributed by atoms with Crippen LogP contribution in [0.5, 0.6) is 0 Å². The van der Waals surface area contributed by atoms with Crippen molar-refractivity contribution in [3.63, 3.8) is 0 Å². The van der Waals surface area contributed by atoms with Gasteiger partial charge in [-0.25, -0.2) is 18.0 Å². The number of aromatic amines is 2. The molecule has 1 aromatic carbocycles. The molecule has 0 aliphatic carbocycles. The van der Waals surface area contributed by atoms with Crippen molar-refractivity contribution in [1.29, 1.82) is 0 Å². The van der Waals surface area contributed by atoms with Crippen molar-refractivity contribution in [2.45, 2.75) is 43.7 Å². The van der Waals surface area contributed by atoms with Crippen LogP contribution in [0.25, 0.3) is 21.8 Å². The number of amides is 1. The van der Waals surface area contributed by atoms with Gasteiger partial charge in [0.2, 0.25) is 10.0 Å². The predicted molar refractivity (Wildman–Crippen MR) is 120 cm³/mol. The molecule has 12 heteroatoms. The molecule has 1 aliphatic heterocycles. The van der Waals surface area contributed by atoms with E-state index in [9.17, 15) is 27.9 Å². The van der Waals surface area contributed by atoms with Gasteiger partial charge in [0.05, 0.1) is 10.5 Å². The number of rotatable bonds is 4. The Morgan fingerprint density at radius 3 is 2.67 bits per heavy atom. The average Bonchev–Trinajstić information content (AvgIpc) is 3.34. The number of aromatic nitrogens is 2. The summed E-state index contributed by atoms with van der Waals surface area (Å²) in [6.45, 7) is 5.49. The van der Waals surface area contributed by atoms with Gasteiger partial charge in [-0.15, -0.1) is 0 Å². The number of carboxylic acids is 1. The zero-order chi connectivity index (χ0) is 24.1. The first kappa shape index (κ1) is 22.8. The van der Waals surface area contributed by atoms with Gasteiger partial charge in [-0.3, -0.25) is 4.79 Å². The quantitative estimate of drug-likeness (QED) is 0.448. The number of H-pyrrole nitrogens is 2. The second-order valence-corrected chi connectivity index (χ2v) is 10.9. The first-order valence-corrected chi connectivity index (χ1v) is 11.7. The minimum atomic E-state index is -3.94. The number of alkyl carbamates (subject to hydrolysis) is 1. The Labute approximate surface area is 188 Å². The number of sulfonamides is 1. The van der Waals surface area contributed by atoms with E-state index in [2.05, 4.69) is 15.3 Å². The van der Waals surface area contributed by atoms with Crippen molar-refractivity contribution in [1.82, 2.24) is 19.6 Å². The molecule has 176 valence electrons. The highest BCUT2D eigenvalue weighted by molar-refractivity contribution is 7.89. The molecule has 0 saturated carbocycles. The topological polar surface area (TPSA) is 162 Å². The van der Waals surface area contributed by atoms with Gasteiger partial charge in [-0.2, -0.15) is 4.31 Å². The van der Waals surface area contributed by atoms with E-state index in [1.54, 1.807) is 20.8 Å². The minimum absolute atomic E-state index is 0.0428. The van der Waals surface area contributed by atoms with E-state index in [0.717, 1.165) is 0 Å². The third kappa shape index (κ3) is 4.31. The molecular weight excluding hydrogens is 452 g/mol. The lowest BCUT2D eigenvalue weighted by atomic mass is 10.1. The highest BCUT2D eigenvalue weighted by Crippen LogP contribution is 2.29. The molecule has 4 rings (SSSR count). The fourth-order valence-corrected chi connectivity index (χ4v) is 5.45. The number of hydrogen-bond acceptors (Lipinski definition) is 6. The molecule has 33 heavy (non-hydrogen) atoms. The van der Waals surface area contributed by atoms with Crippen LogP contribution >= 0.6 is 0 Å². The summed E-state index contributed by atoms with van der Waals surface area (Å²) in [4.78, 5) is 41.2. The number of ether oxygens (including phenoxy) is 1. The van der Waals surface area contributed by atoms with Crippen LogP contribution in [0.4, 0.5) is 4.79 Å². The van der Waals surface area contributed by atoms with Crippen molar-refractivity contribution in [3.8, 4) is 0 Å². The van der Waals surface area contributed by atoms with E-state index in [0.29, 0.717) is 17.3 Å². The Bertz CT molecular complexity index is 1430. The van der Waals surface area contributed by atoms with Crippen molar-refractivity contribution in [2.24, 2.45) is 0 Å². The molecule has 1 aliphatic rings. The van der Waals surface area contributed by atoms with Crippen molar-refractivity contribution in [3.05, 3.63) is 40.3 Å². The second-order valence-electron chi connectivity index (χ2n) is 8.91. The molecule has 1 amide bonds. The van der Waals surface area contributed by atoms with Gasteiger partial charge >= 0.3 is 12.1 Å². The summed E-state index contributed by atoms with van der Waals surface area (Å²) in [5.74, 6) is -1.24. The van der Waals surface area contributed by atoms with Gasteiger partial charge < -0.3 is 25.1 Å². The lowest BCUT2D eigenvalue weighted by Gasteiger charge is -2.22. The monoisotopic (exact) mass is 476 g/mol. The van der Waals surface area contributed by atoms with E-state index in [-0.39, 0.29) is 34.5 Å². The van der Waals surface area contributed by atoms with Crippen LogP contribution < -0.4 is 10.9 Å². The van der Waals surface area contributed by atoms with Gasteiger partial charge in [0.15, 0.2) is 0 Å². The Morgan fingerprint density at radius 1 is 1.27 bits per heavy atom. The smallest absolute Gasteiger partial charge is 0.407 e. The van der Waals surface area contributed by atoms with E-state index in [4.69, 9.17) is 4.74 Å².